The van der Waals surface area contributed by atoms with Gasteiger partial charge in [0.2, 0.25) is 12.3 Å². The number of amides is 1. The van der Waals surface area contributed by atoms with Gasteiger partial charge in [0.25, 0.3) is 5.91 Å². The van der Waals surface area contributed by atoms with Gasteiger partial charge in [0, 0.05) is 25.8 Å². The molecule has 8 heteroatoms. The third-order valence-corrected chi connectivity index (χ3v) is 3.90. The molecule has 8 nitrogen and oxygen atoms in total. The molecule has 1 aromatic heterocycles. The van der Waals surface area contributed by atoms with E-state index in [0.29, 0.717) is 23.4 Å². The molecule has 0 radical (unpaired) electrons. The van der Waals surface area contributed by atoms with Crippen molar-refractivity contribution in [3.8, 4) is 0 Å². The van der Waals surface area contributed by atoms with E-state index in [-0.39, 0.29) is 5.91 Å². The number of aliphatic hydroxyl groups excluding tert-OH is 1. The molecule has 118 valence electrons. The van der Waals surface area contributed by atoms with Gasteiger partial charge in [-0.15, -0.1) is 0 Å². The van der Waals surface area contributed by atoms with Crippen molar-refractivity contribution in [1.29, 1.82) is 0 Å². The normalized spacial score (nSPS) is 26.6. The minimum absolute atomic E-state index is 0.291. The van der Waals surface area contributed by atoms with Crippen LogP contribution in [0.5, 0.6) is 0 Å². The van der Waals surface area contributed by atoms with Crippen LogP contribution in [0.3, 0.4) is 0 Å². The van der Waals surface area contributed by atoms with Crippen molar-refractivity contribution in [3.05, 3.63) is 23.7 Å². The van der Waals surface area contributed by atoms with E-state index in [1.165, 1.54) is 0 Å². The molecule has 1 unspecified atom stereocenters. The lowest BCUT2D eigenvalue weighted by Crippen LogP contribution is -2.44. The maximum Gasteiger partial charge on any atom is 0.270 e. The molecular formula is C14H20N6O2. The lowest BCUT2D eigenvalue weighted by Gasteiger charge is -2.31. The fourth-order valence-electron chi connectivity index (χ4n) is 2.65. The Kier molecular flexibility index (Phi) is 4.21. The number of nitrogens with one attached hydrogen (secondary N) is 3. The minimum Gasteiger partial charge on any atom is -0.356 e. The molecule has 3 heterocycles. The number of likely N-dealkylation sites (N-methyl/N-ethyl adjacent to an activating group) is 1. The maximum absolute atomic E-state index is 11.6. The number of aliphatic hydroxyl groups is 1. The van der Waals surface area contributed by atoms with Crippen molar-refractivity contribution in [2.75, 3.05) is 25.0 Å². The van der Waals surface area contributed by atoms with Gasteiger partial charge < -0.3 is 26.0 Å². The third-order valence-electron chi connectivity index (χ3n) is 3.90. The topological polar surface area (TPSA) is 102 Å². The van der Waals surface area contributed by atoms with Crippen LogP contribution in [0.2, 0.25) is 0 Å². The predicted molar refractivity (Wildman–Crippen MR) is 81.6 cm³/mol. The number of rotatable bonds is 3. The zero-order valence-corrected chi connectivity index (χ0v) is 12.4. The van der Waals surface area contributed by atoms with E-state index >= 15 is 0 Å². The summed E-state index contributed by atoms with van der Waals surface area (Å²) in [5.74, 6) is 0.277. The van der Waals surface area contributed by atoms with Gasteiger partial charge >= 0.3 is 0 Å². The van der Waals surface area contributed by atoms with Gasteiger partial charge in [0.05, 0.1) is 5.69 Å². The Morgan fingerprint density at radius 2 is 2.32 bits per heavy atom. The quantitative estimate of drug-likeness (QED) is 0.531. The standard InChI is InChI=1S/C14H20N6O2/c1-20(10-3-2-5-15-8-10)13-16-6-4-9(17-13)7-11-12(21)19-14(22)18-11/h4,6-7,10,14-15,18,22H,2-3,5,8H2,1H3,(H,19,21)/b11-7-/t10-,14?/m0/s1. The third kappa shape index (κ3) is 3.18. The molecule has 0 aliphatic carbocycles. The van der Waals surface area contributed by atoms with E-state index in [9.17, 15) is 9.90 Å². The maximum atomic E-state index is 11.6. The summed E-state index contributed by atoms with van der Waals surface area (Å²) in [5, 5.41) is 17.7. The second-order valence-electron chi connectivity index (χ2n) is 5.47. The summed E-state index contributed by atoms with van der Waals surface area (Å²) in [6, 6.07) is 2.09. The summed E-state index contributed by atoms with van der Waals surface area (Å²) in [6.45, 7) is 1.97. The number of hydrogen-bond acceptors (Lipinski definition) is 7. The lowest BCUT2D eigenvalue weighted by atomic mass is 10.1. The molecule has 0 bridgehead atoms. The molecule has 2 fully saturated rings. The smallest absolute Gasteiger partial charge is 0.270 e. The Hall–Kier alpha value is -2.19. The van der Waals surface area contributed by atoms with Gasteiger partial charge in [-0.05, 0) is 31.5 Å². The Morgan fingerprint density at radius 3 is 3.00 bits per heavy atom. The number of carbonyl (C=O) groups excluding carboxylic acids is 1. The summed E-state index contributed by atoms with van der Waals surface area (Å²) in [7, 11) is 1.98. The molecule has 3 rings (SSSR count). The summed E-state index contributed by atoms with van der Waals surface area (Å²) < 4.78 is 0. The second kappa shape index (κ2) is 6.29. The van der Waals surface area contributed by atoms with E-state index in [1.807, 2.05) is 7.05 Å². The zero-order chi connectivity index (χ0) is 15.5. The summed E-state index contributed by atoms with van der Waals surface area (Å²) in [6.07, 6.45) is 4.47. The molecule has 0 saturated carbocycles. The van der Waals surface area contributed by atoms with Crippen LogP contribution >= 0.6 is 0 Å². The van der Waals surface area contributed by atoms with E-state index in [0.717, 1.165) is 25.9 Å². The molecule has 2 saturated heterocycles. The molecule has 1 amide bonds. The zero-order valence-electron chi connectivity index (χ0n) is 12.4. The Morgan fingerprint density at radius 1 is 1.45 bits per heavy atom. The van der Waals surface area contributed by atoms with Crippen molar-refractivity contribution >= 4 is 17.9 Å². The summed E-state index contributed by atoms with van der Waals surface area (Å²) >= 11 is 0. The van der Waals surface area contributed by atoms with Crippen LogP contribution in [0.4, 0.5) is 5.95 Å². The highest BCUT2D eigenvalue weighted by Crippen LogP contribution is 2.16. The average molecular weight is 304 g/mol. The van der Waals surface area contributed by atoms with E-state index in [2.05, 4.69) is 30.8 Å². The number of carbonyl (C=O) groups is 1. The molecule has 2 aliphatic rings. The van der Waals surface area contributed by atoms with Crippen molar-refractivity contribution in [3.63, 3.8) is 0 Å². The Balaban J connectivity index is 1.77. The summed E-state index contributed by atoms with van der Waals surface area (Å²) in [5.41, 5.74) is 0.909. The van der Waals surface area contributed by atoms with Crippen LogP contribution in [0.1, 0.15) is 18.5 Å². The van der Waals surface area contributed by atoms with Crippen LogP contribution in [0.25, 0.3) is 6.08 Å². The summed E-state index contributed by atoms with van der Waals surface area (Å²) in [4.78, 5) is 22.4. The first kappa shape index (κ1) is 14.7. The fourth-order valence-corrected chi connectivity index (χ4v) is 2.65. The first-order chi connectivity index (χ1) is 10.6. The first-order valence-electron chi connectivity index (χ1n) is 7.37. The van der Waals surface area contributed by atoms with Gasteiger partial charge in [0.15, 0.2) is 0 Å². The number of aromatic nitrogens is 2. The van der Waals surface area contributed by atoms with Crippen molar-refractivity contribution in [2.45, 2.75) is 25.2 Å². The van der Waals surface area contributed by atoms with Crippen LogP contribution < -0.4 is 20.9 Å². The van der Waals surface area contributed by atoms with Crippen LogP contribution in [-0.4, -0.2) is 53.5 Å². The van der Waals surface area contributed by atoms with Crippen molar-refractivity contribution in [1.82, 2.24) is 25.9 Å². The second-order valence-corrected chi connectivity index (χ2v) is 5.47. The van der Waals surface area contributed by atoms with Gasteiger partial charge in [0.1, 0.15) is 5.70 Å². The average Bonchev–Trinajstić information content (AvgIpc) is 2.85. The first-order valence-corrected chi connectivity index (χ1v) is 7.37. The number of anilines is 1. The predicted octanol–water partition coefficient (Wildman–Crippen LogP) is -0.999. The number of piperidine rings is 1. The molecule has 22 heavy (non-hydrogen) atoms. The molecule has 0 spiro atoms. The van der Waals surface area contributed by atoms with E-state index in [4.69, 9.17) is 0 Å². The van der Waals surface area contributed by atoms with Crippen LogP contribution in [-0.2, 0) is 4.79 Å². The molecule has 2 atom stereocenters. The molecule has 4 N–H and O–H groups in total. The Bertz CT molecular complexity index is 584. The Labute approximate surface area is 128 Å². The van der Waals surface area contributed by atoms with Crippen LogP contribution in [0.15, 0.2) is 18.0 Å². The molecule has 0 aromatic carbocycles. The van der Waals surface area contributed by atoms with E-state index in [1.54, 1.807) is 18.3 Å². The lowest BCUT2D eigenvalue weighted by molar-refractivity contribution is -0.117. The van der Waals surface area contributed by atoms with Crippen molar-refractivity contribution < 1.29 is 9.90 Å². The highest BCUT2D eigenvalue weighted by atomic mass is 16.3. The monoisotopic (exact) mass is 304 g/mol. The number of nitrogens with zero attached hydrogens (tertiary/aromatic N) is 3. The molecular weight excluding hydrogens is 284 g/mol. The minimum atomic E-state index is -1.05. The number of hydrogen-bond donors (Lipinski definition) is 4. The van der Waals surface area contributed by atoms with Crippen LogP contribution in [0, 0.1) is 0 Å². The highest BCUT2D eigenvalue weighted by molar-refractivity contribution is 5.99. The van der Waals surface area contributed by atoms with Gasteiger partial charge in [-0.25, -0.2) is 9.97 Å². The van der Waals surface area contributed by atoms with Crippen molar-refractivity contribution in [2.24, 2.45) is 0 Å². The largest absolute Gasteiger partial charge is 0.356 e. The highest BCUT2D eigenvalue weighted by Gasteiger charge is 2.23. The van der Waals surface area contributed by atoms with Gasteiger partial charge in [-0.2, -0.15) is 0 Å². The van der Waals surface area contributed by atoms with E-state index < -0.39 is 6.35 Å². The SMILES string of the molecule is CN(c1nccc(/C=C2\NC(O)NC2=O)n1)[C@H]1CCCNC1. The van der Waals surface area contributed by atoms with Gasteiger partial charge in [-0.3, -0.25) is 4.79 Å². The molecule has 2 aliphatic heterocycles. The molecule has 1 aromatic rings. The van der Waals surface area contributed by atoms with Gasteiger partial charge in [-0.1, -0.05) is 0 Å². The fraction of sp³-hybridized carbons (Fsp3) is 0.500.